The Bertz CT molecular complexity index is 705. The highest BCUT2D eigenvalue weighted by atomic mass is 19.1. The third-order valence-electron chi connectivity index (χ3n) is 2.70. The monoisotopic (exact) mass is 292 g/mol. The number of benzene rings is 2. The number of nitrogens with zero attached hydrogens (tertiary/aromatic N) is 2. The van der Waals surface area contributed by atoms with Gasteiger partial charge >= 0.3 is 0 Å². The lowest BCUT2D eigenvalue weighted by atomic mass is 10.1. The number of rotatable bonds is 5. The first kappa shape index (κ1) is 14.4. The van der Waals surface area contributed by atoms with Crippen molar-refractivity contribution in [1.29, 1.82) is 0 Å². The van der Waals surface area contributed by atoms with Crippen molar-refractivity contribution in [3.05, 3.63) is 74.1 Å². The van der Waals surface area contributed by atoms with Gasteiger partial charge < -0.3 is 4.74 Å². The Morgan fingerprint density at radius 3 is 2.38 bits per heavy atom. The molecule has 0 aliphatic rings. The molecule has 0 saturated heterocycles. The van der Waals surface area contributed by atoms with Crippen molar-refractivity contribution in [2.24, 2.45) is 0 Å². The number of non-ortho nitro benzene ring substituents is 1. The Balaban J connectivity index is 2.26. The largest absolute Gasteiger partial charge is 0.486 e. The van der Waals surface area contributed by atoms with Gasteiger partial charge in [0.1, 0.15) is 6.61 Å². The van der Waals surface area contributed by atoms with Crippen LogP contribution in [0.2, 0.25) is 0 Å². The second-order valence-electron chi connectivity index (χ2n) is 4.05. The fourth-order valence-corrected chi connectivity index (χ4v) is 1.68. The Hall–Kier alpha value is -3.03. The van der Waals surface area contributed by atoms with E-state index in [0.717, 1.165) is 12.1 Å². The molecular formula is C13H9FN2O5. The fraction of sp³-hybridized carbons (Fsp3) is 0.0769. The highest BCUT2D eigenvalue weighted by molar-refractivity contribution is 5.49. The molecule has 0 aromatic heterocycles. The number of ether oxygens (including phenoxy) is 1. The summed E-state index contributed by atoms with van der Waals surface area (Å²) in [4.78, 5) is 20.1. The van der Waals surface area contributed by atoms with E-state index in [1.165, 1.54) is 24.3 Å². The lowest BCUT2D eigenvalue weighted by Gasteiger charge is -2.07. The summed E-state index contributed by atoms with van der Waals surface area (Å²) in [5, 5.41) is 21.5. The topological polar surface area (TPSA) is 95.5 Å². The van der Waals surface area contributed by atoms with E-state index in [1.807, 2.05) is 0 Å². The lowest BCUT2D eigenvalue weighted by molar-refractivity contribution is -0.394. The van der Waals surface area contributed by atoms with Crippen LogP contribution >= 0.6 is 0 Å². The number of nitro benzene ring substituents is 2. The molecule has 2 rings (SSSR count). The maximum Gasteiger partial charge on any atom is 0.282 e. The van der Waals surface area contributed by atoms with E-state index in [9.17, 15) is 24.6 Å². The zero-order valence-corrected chi connectivity index (χ0v) is 10.6. The van der Waals surface area contributed by atoms with Gasteiger partial charge in [0, 0.05) is 6.07 Å². The van der Waals surface area contributed by atoms with E-state index in [2.05, 4.69) is 0 Å². The van der Waals surface area contributed by atoms with E-state index in [-0.39, 0.29) is 17.9 Å². The molecule has 0 spiro atoms. The number of nitro groups is 2. The van der Waals surface area contributed by atoms with Crippen LogP contribution in [0.15, 0.2) is 42.5 Å². The van der Waals surface area contributed by atoms with Gasteiger partial charge in [-0.1, -0.05) is 12.1 Å². The number of halogens is 1. The van der Waals surface area contributed by atoms with Gasteiger partial charge in [-0.05, 0) is 18.2 Å². The first-order valence-corrected chi connectivity index (χ1v) is 5.78. The summed E-state index contributed by atoms with van der Waals surface area (Å²) in [6, 6.07) is 8.81. The number of hydrogen-bond donors (Lipinski definition) is 0. The Morgan fingerprint density at radius 1 is 1.05 bits per heavy atom. The van der Waals surface area contributed by atoms with E-state index in [1.54, 1.807) is 6.07 Å². The van der Waals surface area contributed by atoms with Crippen molar-refractivity contribution in [3.8, 4) is 5.75 Å². The van der Waals surface area contributed by atoms with E-state index >= 15 is 0 Å². The molecule has 0 fully saturated rings. The molecule has 2 aromatic carbocycles. The molecule has 7 nitrogen and oxygen atoms in total. The summed E-state index contributed by atoms with van der Waals surface area (Å²) in [5.41, 5.74) is -0.717. The molecule has 2 aromatic rings. The molecule has 21 heavy (non-hydrogen) atoms. The molecule has 0 atom stereocenters. The zero-order chi connectivity index (χ0) is 15.4. The highest BCUT2D eigenvalue weighted by Crippen LogP contribution is 2.26. The van der Waals surface area contributed by atoms with Crippen LogP contribution in [0.3, 0.4) is 0 Å². The predicted molar refractivity (Wildman–Crippen MR) is 70.5 cm³/mol. The van der Waals surface area contributed by atoms with Crippen molar-refractivity contribution in [3.63, 3.8) is 0 Å². The van der Waals surface area contributed by atoms with Crippen molar-refractivity contribution < 1.29 is 19.0 Å². The van der Waals surface area contributed by atoms with Crippen LogP contribution in [0.4, 0.5) is 15.8 Å². The standard InChI is InChI=1S/C13H9FN2O5/c14-11-3-1-2-4-13(11)21-8-9-5-6-10(15(17)18)7-12(9)16(19)20/h1-7H,8H2. The van der Waals surface area contributed by atoms with Crippen LogP contribution in [0.1, 0.15) is 5.56 Å². The van der Waals surface area contributed by atoms with Crippen molar-refractivity contribution >= 4 is 11.4 Å². The van der Waals surface area contributed by atoms with Crippen molar-refractivity contribution in [2.45, 2.75) is 6.61 Å². The van der Waals surface area contributed by atoms with Crippen LogP contribution < -0.4 is 4.74 Å². The van der Waals surface area contributed by atoms with Gasteiger partial charge in [0.05, 0.1) is 21.5 Å². The average Bonchev–Trinajstić information content (AvgIpc) is 2.46. The number of para-hydroxylation sites is 1. The first-order valence-electron chi connectivity index (χ1n) is 5.78. The van der Waals surface area contributed by atoms with E-state index < -0.39 is 27.0 Å². The molecular weight excluding hydrogens is 283 g/mol. The smallest absolute Gasteiger partial charge is 0.282 e. The molecule has 0 N–H and O–H groups in total. The molecule has 8 heteroatoms. The SMILES string of the molecule is O=[N+]([O-])c1ccc(COc2ccccc2F)c([N+](=O)[O-])c1. The van der Waals surface area contributed by atoms with Crippen molar-refractivity contribution in [2.75, 3.05) is 0 Å². The average molecular weight is 292 g/mol. The summed E-state index contributed by atoms with van der Waals surface area (Å²) < 4.78 is 18.5. The van der Waals surface area contributed by atoms with Gasteiger partial charge in [0.2, 0.25) is 0 Å². The molecule has 0 aliphatic heterocycles. The molecule has 0 unspecified atom stereocenters. The van der Waals surface area contributed by atoms with Crippen LogP contribution in [0, 0.1) is 26.0 Å². The summed E-state index contributed by atoms with van der Waals surface area (Å²) in [6.07, 6.45) is 0. The molecule has 0 saturated carbocycles. The lowest BCUT2D eigenvalue weighted by Crippen LogP contribution is -2.02. The van der Waals surface area contributed by atoms with Gasteiger partial charge in [0.25, 0.3) is 11.4 Å². The predicted octanol–water partition coefficient (Wildman–Crippen LogP) is 3.22. The molecule has 0 amide bonds. The Kier molecular flexibility index (Phi) is 4.07. The van der Waals surface area contributed by atoms with Gasteiger partial charge in [-0.25, -0.2) is 4.39 Å². The van der Waals surface area contributed by atoms with E-state index in [4.69, 9.17) is 4.74 Å². The van der Waals surface area contributed by atoms with E-state index in [0.29, 0.717) is 0 Å². The second-order valence-corrected chi connectivity index (χ2v) is 4.05. The molecule has 0 radical (unpaired) electrons. The van der Waals surface area contributed by atoms with Gasteiger partial charge in [-0.2, -0.15) is 0 Å². The maximum absolute atomic E-state index is 13.4. The Labute approximate surface area is 117 Å². The summed E-state index contributed by atoms with van der Waals surface area (Å²) in [7, 11) is 0. The first-order chi connectivity index (χ1) is 9.99. The van der Waals surface area contributed by atoms with Crippen molar-refractivity contribution in [1.82, 2.24) is 0 Å². The van der Waals surface area contributed by atoms with Crippen LogP contribution in [0.25, 0.3) is 0 Å². The minimum atomic E-state index is -0.743. The van der Waals surface area contributed by atoms with Crippen LogP contribution in [0.5, 0.6) is 5.75 Å². The quantitative estimate of drug-likeness (QED) is 0.622. The summed E-state index contributed by atoms with van der Waals surface area (Å²) in [6.45, 7) is -0.269. The molecule has 0 aliphatic carbocycles. The minimum Gasteiger partial charge on any atom is -0.486 e. The molecule has 0 bridgehead atoms. The summed E-state index contributed by atoms with van der Waals surface area (Å²) in [5.74, 6) is -0.646. The van der Waals surface area contributed by atoms with Gasteiger partial charge in [0.15, 0.2) is 11.6 Å². The fourth-order valence-electron chi connectivity index (χ4n) is 1.68. The summed E-state index contributed by atoms with van der Waals surface area (Å²) >= 11 is 0. The molecule has 0 heterocycles. The second kappa shape index (κ2) is 5.95. The maximum atomic E-state index is 13.4. The minimum absolute atomic E-state index is 0.0508. The van der Waals surface area contributed by atoms with Crippen LogP contribution in [-0.2, 0) is 6.61 Å². The van der Waals surface area contributed by atoms with Gasteiger partial charge in [-0.15, -0.1) is 0 Å². The third kappa shape index (κ3) is 3.30. The zero-order valence-electron chi connectivity index (χ0n) is 10.6. The van der Waals surface area contributed by atoms with Gasteiger partial charge in [-0.3, -0.25) is 20.2 Å². The molecule has 108 valence electrons. The van der Waals surface area contributed by atoms with Crippen LogP contribution in [-0.4, -0.2) is 9.85 Å². The third-order valence-corrected chi connectivity index (χ3v) is 2.70. The number of hydrogen-bond acceptors (Lipinski definition) is 5. The normalized spacial score (nSPS) is 10.1. The Morgan fingerprint density at radius 2 is 1.76 bits per heavy atom. The highest BCUT2D eigenvalue weighted by Gasteiger charge is 2.19.